The van der Waals surface area contributed by atoms with Crippen molar-refractivity contribution in [2.75, 3.05) is 31.1 Å². The van der Waals surface area contributed by atoms with Crippen LogP contribution in [0.1, 0.15) is 29.8 Å². The number of nitrogens with zero attached hydrogens (tertiary/aromatic N) is 2. The van der Waals surface area contributed by atoms with Crippen molar-refractivity contribution >= 4 is 15.7 Å². The highest BCUT2D eigenvalue weighted by atomic mass is 32.2. The number of amides is 1. The second kappa shape index (κ2) is 7.04. The fraction of sp³-hybridized carbons (Fsp3) is 0.526. The van der Waals surface area contributed by atoms with Crippen molar-refractivity contribution in [2.24, 2.45) is 0 Å². The largest absolute Gasteiger partial charge is 0.507 e. The second-order valence-corrected chi connectivity index (χ2v) is 9.66. The van der Waals surface area contributed by atoms with Crippen LogP contribution in [0.3, 0.4) is 0 Å². The van der Waals surface area contributed by atoms with Crippen LogP contribution in [0.2, 0.25) is 0 Å². The molecule has 0 bridgehead atoms. The van der Waals surface area contributed by atoms with Gasteiger partial charge in [-0.05, 0) is 38.5 Å². The third-order valence-electron chi connectivity index (χ3n) is 5.17. The number of fused-ring (bicyclic) bond motifs is 1. The number of sulfone groups is 1. The van der Waals surface area contributed by atoms with Gasteiger partial charge in [0.25, 0.3) is 5.91 Å². The molecule has 26 heavy (non-hydrogen) atoms. The van der Waals surface area contributed by atoms with E-state index in [0.29, 0.717) is 19.6 Å². The zero-order valence-electron chi connectivity index (χ0n) is 15.5. The van der Waals surface area contributed by atoms with E-state index in [1.165, 1.54) is 5.57 Å². The lowest BCUT2D eigenvalue weighted by Crippen LogP contribution is -2.60. The van der Waals surface area contributed by atoms with Gasteiger partial charge in [0.05, 0.1) is 23.1 Å². The number of benzene rings is 1. The minimum Gasteiger partial charge on any atom is -0.507 e. The van der Waals surface area contributed by atoms with E-state index in [1.54, 1.807) is 23.1 Å². The smallest absolute Gasteiger partial charge is 0.257 e. The van der Waals surface area contributed by atoms with Crippen LogP contribution in [-0.4, -0.2) is 72.5 Å². The molecular weight excluding hydrogens is 352 g/mol. The summed E-state index contributed by atoms with van der Waals surface area (Å²) in [6.45, 7) is 7.65. The summed E-state index contributed by atoms with van der Waals surface area (Å²) in [5, 5.41) is 10.1. The van der Waals surface area contributed by atoms with Crippen LogP contribution in [0.5, 0.6) is 5.75 Å². The molecule has 0 aliphatic carbocycles. The van der Waals surface area contributed by atoms with Crippen LogP contribution in [0.25, 0.3) is 0 Å². The van der Waals surface area contributed by atoms with Gasteiger partial charge in [-0.2, -0.15) is 0 Å². The lowest BCUT2D eigenvalue weighted by Gasteiger charge is -2.43. The first-order valence-corrected chi connectivity index (χ1v) is 10.7. The van der Waals surface area contributed by atoms with Crippen molar-refractivity contribution in [3.05, 3.63) is 41.0 Å². The summed E-state index contributed by atoms with van der Waals surface area (Å²) >= 11 is 0. The Hall–Kier alpha value is -1.86. The molecule has 2 aliphatic rings. The first kappa shape index (κ1) is 18.9. The van der Waals surface area contributed by atoms with E-state index in [-0.39, 0.29) is 40.8 Å². The maximum atomic E-state index is 13.0. The van der Waals surface area contributed by atoms with Crippen molar-refractivity contribution in [2.45, 2.75) is 32.9 Å². The Labute approximate surface area is 155 Å². The van der Waals surface area contributed by atoms with Gasteiger partial charge in [0, 0.05) is 25.7 Å². The maximum Gasteiger partial charge on any atom is 0.257 e. The van der Waals surface area contributed by atoms with E-state index in [9.17, 15) is 18.3 Å². The maximum absolute atomic E-state index is 13.0. The second-order valence-electron chi connectivity index (χ2n) is 7.51. The highest BCUT2D eigenvalue weighted by Crippen LogP contribution is 2.30. The number of allylic oxidation sites excluding steroid dienone is 1. The highest BCUT2D eigenvalue weighted by molar-refractivity contribution is 7.91. The molecule has 2 fully saturated rings. The summed E-state index contributed by atoms with van der Waals surface area (Å²) in [4.78, 5) is 16.8. The molecule has 142 valence electrons. The Bertz CT molecular complexity index is 843. The molecule has 3 rings (SSSR count). The van der Waals surface area contributed by atoms with Crippen molar-refractivity contribution < 1.29 is 18.3 Å². The summed E-state index contributed by atoms with van der Waals surface area (Å²) in [7, 11) is -3.18. The molecule has 2 saturated heterocycles. The summed E-state index contributed by atoms with van der Waals surface area (Å²) in [6, 6.07) is 4.39. The van der Waals surface area contributed by atoms with Crippen molar-refractivity contribution in [1.29, 1.82) is 0 Å². The quantitative estimate of drug-likeness (QED) is 0.808. The number of rotatable bonds is 3. The molecule has 2 atom stereocenters. The molecule has 0 unspecified atom stereocenters. The molecular formula is C19H26N2O4S. The lowest BCUT2D eigenvalue weighted by molar-refractivity contribution is 0.0366. The number of phenolic OH excluding ortho intramolecular Hbond substituents is 1. The zero-order chi connectivity index (χ0) is 19.1. The monoisotopic (exact) mass is 378 g/mol. The average molecular weight is 378 g/mol. The van der Waals surface area contributed by atoms with Crippen molar-refractivity contribution in [3.8, 4) is 5.75 Å². The summed E-state index contributed by atoms with van der Waals surface area (Å²) < 4.78 is 24.5. The van der Waals surface area contributed by atoms with Crippen molar-refractivity contribution in [3.63, 3.8) is 0 Å². The number of hydrogen-bond acceptors (Lipinski definition) is 5. The van der Waals surface area contributed by atoms with E-state index in [1.807, 2.05) is 20.8 Å². The predicted molar refractivity (Wildman–Crippen MR) is 101 cm³/mol. The first-order valence-electron chi connectivity index (χ1n) is 8.86. The Morgan fingerprint density at radius 3 is 2.58 bits per heavy atom. The Morgan fingerprint density at radius 1 is 1.23 bits per heavy atom. The Morgan fingerprint density at radius 2 is 1.92 bits per heavy atom. The van der Waals surface area contributed by atoms with E-state index >= 15 is 0 Å². The summed E-state index contributed by atoms with van der Waals surface area (Å²) in [5.74, 6) is -0.282. The molecule has 1 aromatic carbocycles. The number of aromatic hydroxyl groups is 1. The number of carbonyl (C=O) groups is 1. The van der Waals surface area contributed by atoms with Crippen LogP contribution in [0.15, 0.2) is 29.8 Å². The van der Waals surface area contributed by atoms with Crippen molar-refractivity contribution in [1.82, 2.24) is 9.80 Å². The molecule has 7 heteroatoms. The molecule has 1 N–H and O–H groups in total. The third kappa shape index (κ3) is 3.78. The van der Waals surface area contributed by atoms with Crippen LogP contribution in [0, 0.1) is 6.92 Å². The average Bonchev–Trinajstić information content (AvgIpc) is 2.87. The highest BCUT2D eigenvalue weighted by Gasteiger charge is 2.48. The van der Waals surface area contributed by atoms with Crippen LogP contribution in [-0.2, 0) is 9.84 Å². The fourth-order valence-corrected chi connectivity index (χ4v) is 5.79. The number of phenols is 1. The Balaban J connectivity index is 1.88. The fourth-order valence-electron chi connectivity index (χ4n) is 3.78. The lowest BCUT2D eigenvalue weighted by atomic mass is 10.0. The van der Waals surface area contributed by atoms with E-state index in [4.69, 9.17) is 0 Å². The predicted octanol–water partition coefficient (Wildman–Crippen LogP) is 1.59. The summed E-state index contributed by atoms with van der Waals surface area (Å²) in [5.41, 5.74) is 2.29. The van der Waals surface area contributed by atoms with Gasteiger partial charge in [0.15, 0.2) is 9.84 Å². The van der Waals surface area contributed by atoms with Gasteiger partial charge < -0.3 is 10.0 Å². The van der Waals surface area contributed by atoms with Gasteiger partial charge in [-0.3, -0.25) is 9.69 Å². The van der Waals surface area contributed by atoms with E-state index in [2.05, 4.69) is 11.0 Å². The number of piperazine rings is 1. The first-order chi connectivity index (χ1) is 12.2. The van der Waals surface area contributed by atoms with E-state index in [0.717, 1.165) is 5.56 Å². The van der Waals surface area contributed by atoms with Crippen LogP contribution < -0.4 is 0 Å². The molecule has 1 amide bonds. The molecule has 2 aliphatic heterocycles. The van der Waals surface area contributed by atoms with E-state index < -0.39 is 9.84 Å². The number of carbonyl (C=O) groups excluding carboxylic acids is 1. The Kier molecular flexibility index (Phi) is 5.12. The molecule has 6 nitrogen and oxygen atoms in total. The number of aryl methyl sites for hydroxylation is 1. The van der Waals surface area contributed by atoms with Gasteiger partial charge >= 0.3 is 0 Å². The van der Waals surface area contributed by atoms with Crippen LogP contribution >= 0.6 is 0 Å². The van der Waals surface area contributed by atoms with Gasteiger partial charge in [0.2, 0.25) is 0 Å². The van der Waals surface area contributed by atoms with Gasteiger partial charge in [-0.25, -0.2) is 8.42 Å². The topological polar surface area (TPSA) is 77.9 Å². The van der Waals surface area contributed by atoms with Gasteiger partial charge in [0.1, 0.15) is 5.75 Å². The minimum atomic E-state index is -3.18. The molecule has 2 heterocycles. The minimum absolute atomic E-state index is 0.0125. The van der Waals surface area contributed by atoms with Crippen LogP contribution in [0.4, 0.5) is 0 Å². The molecule has 1 aromatic rings. The third-order valence-corrected chi connectivity index (χ3v) is 6.87. The zero-order valence-corrected chi connectivity index (χ0v) is 16.3. The normalized spacial score (nSPS) is 25.0. The number of hydrogen-bond donors (Lipinski definition) is 1. The molecule has 0 saturated carbocycles. The summed E-state index contributed by atoms with van der Waals surface area (Å²) in [6.07, 6.45) is 2.09. The SMILES string of the molecule is CC(C)=CCN1CCN(C(=O)c2ccc(C)cc2O)[C@H]2CS(=O)(=O)C[C@H]21. The van der Waals surface area contributed by atoms with Gasteiger partial charge in [-0.15, -0.1) is 0 Å². The molecule has 0 radical (unpaired) electrons. The standard InChI is InChI=1S/C19H26N2O4S/c1-13(2)6-7-20-8-9-21(17-12-26(24,25)11-16(17)20)19(23)15-5-4-14(3)10-18(15)22/h4-6,10,16-17,22H,7-9,11-12H2,1-3H3/t16-,17+/m1/s1. The van der Waals surface area contributed by atoms with Gasteiger partial charge in [-0.1, -0.05) is 17.7 Å². The molecule has 0 aromatic heterocycles. The molecule has 0 spiro atoms.